The molecule has 2 aliphatic rings. The molecule has 0 aliphatic carbocycles. The van der Waals surface area contributed by atoms with E-state index < -0.39 is 0 Å². The SMILES string of the molecule is CC(C)N(CCN1CCc2ccccc21)C(=O)[C@@H](C)N1CCN(C)CC1. The first-order valence-corrected chi connectivity index (χ1v) is 10.0. The van der Waals surface area contributed by atoms with E-state index >= 15 is 0 Å². The predicted molar refractivity (Wildman–Crippen MR) is 108 cm³/mol. The van der Waals surface area contributed by atoms with Crippen LogP contribution in [0.1, 0.15) is 26.3 Å². The van der Waals surface area contributed by atoms with Crippen molar-refractivity contribution in [3.8, 4) is 0 Å². The normalized spacial score (nSPS) is 19.7. The summed E-state index contributed by atoms with van der Waals surface area (Å²) in [5.41, 5.74) is 2.77. The molecule has 0 unspecified atom stereocenters. The van der Waals surface area contributed by atoms with E-state index in [0.717, 1.165) is 52.2 Å². The molecule has 0 aromatic heterocycles. The summed E-state index contributed by atoms with van der Waals surface area (Å²) in [5.74, 6) is 0.275. The molecule has 5 nitrogen and oxygen atoms in total. The number of rotatable bonds is 6. The average Bonchev–Trinajstić information content (AvgIpc) is 3.05. The van der Waals surface area contributed by atoms with Gasteiger partial charge in [0.05, 0.1) is 6.04 Å². The van der Waals surface area contributed by atoms with Gasteiger partial charge in [0.1, 0.15) is 0 Å². The van der Waals surface area contributed by atoms with Crippen molar-refractivity contribution in [3.63, 3.8) is 0 Å². The molecule has 0 bridgehead atoms. The first-order chi connectivity index (χ1) is 12.5. The lowest BCUT2D eigenvalue weighted by Gasteiger charge is -2.39. The lowest BCUT2D eigenvalue weighted by molar-refractivity contribution is -0.138. The fourth-order valence-corrected chi connectivity index (χ4v) is 4.10. The third-order valence-corrected chi connectivity index (χ3v) is 5.94. The number of nitrogens with zero attached hydrogens (tertiary/aromatic N) is 4. The first kappa shape index (κ1) is 19.2. The standard InChI is InChI=1S/C21H34N4O/c1-17(2)25(21(26)18(3)23-13-11-22(4)12-14-23)16-15-24-10-9-19-7-5-6-8-20(19)24/h5-8,17-18H,9-16H2,1-4H3/t18-/m1/s1. The van der Waals surface area contributed by atoms with Gasteiger partial charge in [0.2, 0.25) is 5.91 Å². The maximum Gasteiger partial charge on any atom is 0.239 e. The van der Waals surface area contributed by atoms with Gasteiger partial charge in [0.15, 0.2) is 0 Å². The fraction of sp³-hybridized carbons (Fsp3) is 0.667. The number of amides is 1. The Kier molecular flexibility index (Phi) is 6.20. The minimum Gasteiger partial charge on any atom is -0.369 e. The number of benzene rings is 1. The number of para-hydroxylation sites is 1. The van der Waals surface area contributed by atoms with Gasteiger partial charge in [-0.2, -0.15) is 0 Å². The summed E-state index contributed by atoms with van der Waals surface area (Å²) in [6.07, 6.45) is 1.11. The van der Waals surface area contributed by atoms with Crippen LogP contribution in [0.4, 0.5) is 5.69 Å². The molecule has 1 amide bonds. The molecule has 0 N–H and O–H groups in total. The second-order valence-corrected chi connectivity index (χ2v) is 8.01. The topological polar surface area (TPSA) is 30.0 Å². The third-order valence-electron chi connectivity index (χ3n) is 5.94. The van der Waals surface area contributed by atoms with Crippen LogP contribution < -0.4 is 4.90 Å². The van der Waals surface area contributed by atoms with E-state index in [4.69, 9.17) is 0 Å². The second-order valence-electron chi connectivity index (χ2n) is 8.01. The molecule has 1 aromatic carbocycles. The number of carbonyl (C=O) groups is 1. The van der Waals surface area contributed by atoms with E-state index in [-0.39, 0.29) is 18.0 Å². The Labute approximate surface area is 158 Å². The van der Waals surface area contributed by atoms with E-state index in [2.05, 4.69) is 71.7 Å². The van der Waals surface area contributed by atoms with Crippen molar-refractivity contribution in [1.82, 2.24) is 14.7 Å². The first-order valence-electron chi connectivity index (χ1n) is 10.0. The number of likely N-dealkylation sites (N-methyl/N-ethyl adjacent to an activating group) is 1. The molecule has 5 heteroatoms. The molecule has 1 atom stereocenters. The zero-order chi connectivity index (χ0) is 18.7. The molecule has 1 fully saturated rings. The fourth-order valence-electron chi connectivity index (χ4n) is 4.10. The van der Waals surface area contributed by atoms with Crippen LogP contribution >= 0.6 is 0 Å². The highest BCUT2D eigenvalue weighted by Gasteiger charge is 2.30. The van der Waals surface area contributed by atoms with Crippen LogP contribution in [0.25, 0.3) is 0 Å². The molecule has 1 aromatic rings. The number of carbonyl (C=O) groups excluding carboxylic acids is 1. The van der Waals surface area contributed by atoms with E-state index in [9.17, 15) is 4.79 Å². The Morgan fingerprint density at radius 1 is 1.08 bits per heavy atom. The molecule has 0 radical (unpaired) electrons. The van der Waals surface area contributed by atoms with Gasteiger partial charge in [0.25, 0.3) is 0 Å². The number of hydrogen-bond donors (Lipinski definition) is 0. The summed E-state index contributed by atoms with van der Waals surface area (Å²) in [6, 6.07) is 8.85. The summed E-state index contributed by atoms with van der Waals surface area (Å²) >= 11 is 0. The van der Waals surface area contributed by atoms with E-state index in [1.54, 1.807) is 0 Å². The van der Waals surface area contributed by atoms with Crippen LogP contribution in [0.5, 0.6) is 0 Å². The number of fused-ring (bicyclic) bond motifs is 1. The van der Waals surface area contributed by atoms with Gasteiger partial charge in [-0.15, -0.1) is 0 Å². The molecule has 3 rings (SSSR count). The van der Waals surface area contributed by atoms with Crippen LogP contribution in [0.3, 0.4) is 0 Å². The van der Waals surface area contributed by atoms with Crippen molar-refractivity contribution in [3.05, 3.63) is 29.8 Å². The van der Waals surface area contributed by atoms with Crippen LogP contribution in [-0.4, -0.2) is 85.6 Å². The van der Waals surface area contributed by atoms with Crippen LogP contribution in [0.2, 0.25) is 0 Å². The van der Waals surface area contributed by atoms with E-state index in [1.807, 2.05) is 0 Å². The minimum absolute atomic E-state index is 0.0306. The number of anilines is 1. The highest BCUT2D eigenvalue weighted by molar-refractivity contribution is 5.81. The van der Waals surface area contributed by atoms with Crippen LogP contribution in [0.15, 0.2) is 24.3 Å². The van der Waals surface area contributed by atoms with Crippen molar-refractivity contribution in [2.24, 2.45) is 0 Å². The Morgan fingerprint density at radius 3 is 2.46 bits per heavy atom. The van der Waals surface area contributed by atoms with Gasteiger partial charge in [-0.3, -0.25) is 9.69 Å². The van der Waals surface area contributed by atoms with Crippen LogP contribution in [-0.2, 0) is 11.2 Å². The third kappa shape index (κ3) is 4.21. The van der Waals surface area contributed by atoms with Gasteiger partial charge < -0.3 is 14.7 Å². The van der Waals surface area contributed by atoms with E-state index in [1.165, 1.54) is 11.3 Å². The second kappa shape index (κ2) is 8.40. The highest BCUT2D eigenvalue weighted by Crippen LogP contribution is 2.27. The van der Waals surface area contributed by atoms with Crippen molar-refractivity contribution in [1.29, 1.82) is 0 Å². The monoisotopic (exact) mass is 358 g/mol. The number of piperazine rings is 1. The smallest absolute Gasteiger partial charge is 0.239 e. The van der Waals surface area contributed by atoms with Gasteiger partial charge in [-0.05, 0) is 45.9 Å². The summed E-state index contributed by atoms with van der Waals surface area (Å²) in [4.78, 5) is 22.3. The molecule has 144 valence electrons. The molecule has 2 aliphatic heterocycles. The molecule has 1 saturated heterocycles. The predicted octanol–water partition coefficient (Wildman–Crippen LogP) is 1.92. The Morgan fingerprint density at radius 2 is 1.77 bits per heavy atom. The van der Waals surface area contributed by atoms with Gasteiger partial charge in [0, 0.05) is 57.5 Å². The molecular formula is C21H34N4O. The largest absolute Gasteiger partial charge is 0.369 e. The summed E-state index contributed by atoms with van der Waals surface area (Å²) < 4.78 is 0. The molecular weight excluding hydrogens is 324 g/mol. The Hall–Kier alpha value is -1.59. The van der Waals surface area contributed by atoms with Crippen molar-refractivity contribution >= 4 is 11.6 Å². The maximum absolute atomic E-state index is 13.2. The molecule has 0 saturated carbocycles. The van der Waals surface area contributed by atoms with Crippen molar-refractivity contribution in [2.75, 3.05) is 57.8 Å². The summed E-state index contributed by atoms with van der Waals surface area (Å²) in [7, 11) is 2.15. The zero-order valence-corrected chi connectivity index (χ0v) is 16.8. The Balaban J connectivity index is 1.59. The zero-order valence-electron chi connectivity index (χ0n) is 16.8. The molecule has 26 heavy (non-hydrogen) atoms. The molecule has 0 spiro atoms. The van der Waals surface area contributed by atoms with Gasteiger partial charge in [-0.25, -0.2) is 0 Å². The molecule has 2 heterocycles. The average molecular weight is 359 g/mol. The lowest BCUT2D eigenvalue weighted by atomic mass is 10.1. The van der Waals surface area contributed by atoms with Crippen molar-refractivity contribution < 1.29 is 4.79 Å². The highest BCUT2D eigenvalue weighted by atomic mass is 16.2. The quantitative estimate of drug-likeness (QED) is 0.777. The summed E-state index contributed by atoms with van der Waals surface area (Å²) in [5, 5.41) is 0. The van der Waals surface area contributed by atoms with Gasteiger partial charge >= 0.3 is 0 Å². The Bertz CT molecular complexity index is 610. The van der Waals surface area contributed by atoms with Crippen LogP contribution in [0, 0.1) is 0 Å². The maximum atomic E-state index is 13.2. The minimum atomic E-state index is -0.0306. The summed E-state index contributed by atoms with van der Waals surface area (Å²) in [6.45, 7) is 13.2. The van der Waals surface area contributed by atoms with Gasteiger partial charge in [-0.1, -0.05) is 18.2 Å². The lowest BCUT2D eigenvalue weighted by Crippen LogP contribution is -2.55. The van der Waals surface area contributed by atoms with E-state index in [0.29, 0.717) is 0 Å². The van der Waals surface area contributed by atoms with Crippen molar-refractivity contribution in [2.45, 2.75) is 39.3 Å². The number of hydrogen-bond acceptors (Lipinski definition) is 4.